The van der Waals surface area contributed by atoms with E-state index >= 15 is 0 Å². The molecule has 2 bridgehead atoms. The summed E-state index contributed by atoms with van der Waals surface area (Å²) in [5.41, 5.74) is 4.42. The topological polar surface area (TPSA) is 95.2 Å². The van der Waals surface area contributed by atoms with E-state index in [1.807, 2.05) is 0 Å². The summed E-state index contributed by atoms with van der Waals surface area (Å²) in [5, 5.41) is 0. The van der Waals surface area contributed by atoms with Gasteiger partial charge in [-0.2, -0.15) is 0 Å². The molecule has 3 saturated carbocycles. The zero-order valence-electron chi connectivity index (χ0n) is 6.33. The molecule has 0 radical (unpaired) electrons. The summed E-state index contributed by atoms with van der Waals surface area (Å²) < 4.78 is 23.0. The number of nitrogens with one attached hydrogen (secondary N) is 1. The number of hydrogen-bond acceptors (Lipinski definition) is 3. The van der Waals surface area contributed by atoms with Gasteiger partial charge in [0.05, 0.1) is 5.41 Å². The molecule has 3 aliphatic rings. The van der Waals surface area contributed by atoms with Crippen molar-refractivity contribution in [2.45, 2.75) is 24.8 Å². The maximum atomic E-state index is 10.8. The van der Waals surface area contributed by atoms with E-state index in [2.05, 4.69) is 4.72 Å². The molecule has 68 valence electrons. The molecule has 0 aliphatic heterocycles. The van der Waals surface area contributed by atoms with E-state index < -0.39 is 11.3 Å². The molecule has 0 aromatic rings. The largest absolute Gasteiger partial charge is 0.760 e. The number of primary amides is 1. The molecule has 5 nitrogen and oxygen atoms in total. The van der Waals surface area contributed by atoms with Gasteiger partial charge < -0.3 is 10.3 Å². The lowest BCUT2D eigenvalue weighted by Crippen LogP contribution is -2.77. The summed E-state index contributed by atoms with van der Waals surface area (Å²) in [6, 6.07) is 0. The maximum absolute atomic E-state index is 10.8. The van der Waals surface area contributed by atoms with Crippen LogP contribution in [-0.4, -0.2) is 20.2 Å². The van der Waals surface area contributed by atoms with Crippen molar-refractivity contribution in [3.8, 4) is 0 Å². The molecule has 0 heterocycles. The summed E-state index contributed by atoms with van der Waals surface area (Å²) in [5.74, 6) is -0.303. The third kappa shape index (κ3) is 0.854. The minimum atomic E-state index is -2.23. The molecule has 3 N–H and O–H groups in total. The molecule has 12 heavy (non-hydrogen) atoms. The van der Waals surface area contributed by atoms with Gasteiger partial charge in [-0.25, -0.2) is 4.72 Å². The molecule has 6 heteroatoms. The van der Waals surface area contributed by atoms with Gasteiger partial charge in [-0.3, -0.25) is 9.00 Å². The van der Waals surface area contributed by atoms with E-state index in [1.165, 1.54) is 0 Å². The highest BCUT2D eigenvalue weighted by molar-refractivity contribution is 7.77. The summed E-state index contributed by atoms with van der Waals surface area (Å²) in [6.07, 6.45) is 1.72. The van der Waals surface area contributed by atoms with Crippen molar-refractivity contribution in [1.29, 1.82) is 0 Å². The molecule has 3 rings (SSSR count). The molecule has 1 amide bonds. The molecule has 1 unspecified atom stereocenters. The van der Waals surface area contributed by atoms with Crippen LogP contribution in [0.15, 0.2) is 0 Å². The number of amides is 1. The van der Waals surface area contributed by atoms with Gasteiger partial charge in [0.25, 0.3) is 0 Å². The first kappa shape index (κ1) is 8.15. The first-order valence-electron chi connectivity index (χ1n) is 3.65. The Morgan fingerprint density at radius 3 is 2.33 bits per heavy atom. The zero-order chi connectivity index (χ0) is 8.98. The molecular formula is C6H9N2O3S-. The van der Waals surface area contributed by atoms with Crippen LogP contribution in [0.4, 0.5) is 0 Å². The Morgan fingerprint density at radius 2 is 2.00 bits per heavy atom. The third-order valence-corrected chi connectivity index (χ3v) is 3.45. The highest BCUT2D eigenvalue weighted by Crippen LogP contribution is 2.66. The van der Waals surface area contributed by atoms with Gasteiger partial charge in [0.1, 0.15) is 0 Å². The lowest BCUT2D eigenvalue weighted by Gasteiger charge is -2.68. The van der Waals surface area contributed by atoms with Crippen molar-refractivity contribution in [3.05, 3.63) is 0 Å². The average Bonchev–Trinajstić information content (AvgIpc) is 1.72. The quantitative estimate of drug-likeness (QED) is 0.544. The number of nitrogens with two attached hydrogens (primary N) is 1. The first-order chi connectivity index (χ1) is 5.48. The van der Waals surface area contributed by atoms with Crippen molar-refractivity contribution in [2.24, 2.45) is 11.1 Å². The lowest BCUT2D eigenvalue weighted by atomic mass is 9.39. The predicted octanol–water partition coefficient (Wildman–Crippen LogP) is -1.22. The first-order valence-corrected chi connectivity index (χ1v) is 4.73. The van der Waals surface area contributed by atoms with Crippen molar-refractivity contribution in [2.75, 3.05) is 0 Å². The van der Waals surface area contributed by atoms with E-state index in [0.29, 0.717) is 19.3 Å². The number of carbonyl (C=O) groups excluding carboxylic acids is 1. The van der Waals surface area contributed by atoms with Crippen LogP contribution in [0, 0.1) is 5.41 Å². The van der Waals surface area contributed by atoms with Crippen LogP contribution in [0.25, 0.3) is 0 Å². The van der Waals surface area contributed by atoms with Gasteiger partial charge in [-0.05, 0) is 19.3 Å². The van der Waals surface area contributed by atoms with Crippen LogP contribution in [-0.2, 0) is 16.1 Å². The summed E-state index contributed by atoms with van der Waals surface area (Å²) >= 11 is -2.23. The van der Waals surface area contributed by atoms with E-state index in [-0.39, 0.29) is 16.9 Å². The van der Waals surface area contributed by atoms with Crippen molar-refractivity contribution >= 4 is 17.2 Å². The van der Waals surface area contributed by atoms with Crippen LogP contribution in [0.5, 0.6) is 0 Å². The number of carbonyl (C=O) groups is 1. The van der Waals surface area contributed by atoms with Crippen molar-refractivity contribution in [1.82, 2.24) is 4.72 Å². The number of hydrogen-bond donors (Lipinski definition) is 2. The summed E-state index contributed by atoms with van der Waals surface area (Å²) in [4.78, 5) is 10.8. The van der Waals surface area contributed by atoms with Crippen LogP contribution in [0.1, 0.15) is 19.3 Å². The molecule has 3 fully saturated rings. The molecule has 3 aliphatic carbocycles. The Hall–Kier alpha value is -0.460. The fraction of sp³-hybridized carbons (Fsp3) is 0.833. The van der Waals surface area contributed by atoms with E-state index in [9.17, 15) is 13.6 Å². The molecule has 0 aromatic heterocycles. The maximum Gasteiger partial charge on any atom is 0.223 e. The monoisotopic (exact) mass is 189 g/mol. The smallest absolute Gasteiger partial charge is 0.223 e. The van der Waals surface area contributed by atoms with Crippen LogP contribution in [0.2, 0.25) is 0 Å². The highest BCUT2D eigenvalue weighted by atomic mass is 32.2. The van der Waals surface area contributed by atoms with Gasteiger partial charge in [-0.15, -0.1) is 0 Å². The van der Waals surface area contributed by atoms with E-state index in [1.54, 1.807) is 0 Å². The molecular weight excluding hydrogens is 180 g/mol. The number of rotatable bonds is 3. The SMILES string of the molecule is NC(=O)C12CC(NS(=O)[O-])(C1)C2. The Labute approximate surface area is 72.1 Å². The summed E-state index contributed by atoms with van der Waals surface area (Å²) in [6.45, 7) is 0. The predicted molar refractivity (Wildman–Crippen MR) is 40.3 cm³/mol. The van der Waals surface area contributed by atoms with Crippen molar-refractivity contribution < 1.29 is 13.6 Å². The Bertz CT molecular complexity index is 258. The van der Waals surface area contributed by atoms with Gasteiger partial charge in [0, 0.05) is 16.8 Å². The normalized spacial score (nSPS) is 45.8. The standard InChI is InChI=1S/C6H10N2O3S/c7-4(9)5-1-6(2-5,3-5)8-12(10)11/h8H,1-3H2,(H2,7,9)(H,10,11)/p-1. The summed E-state index contributed by atoms with van der Waals surface area (Å²) in [7, 11) is 0. The van der Waals surface area contributed by atoms with E-state index in [4.69, 9.17) is 5.73 Å². The van der Waals surface area contributed by atoms with Gasteiger partial charge in [0.15, 0.2) is 0 Å². The molecule has 0 spiro atoms. The lowest BCUT2D eigenvalue weighted by molar-refractivity contribution is -0.172. The second-order valence-corrected chi connectivity index (χ2v) is 4.47. The Balaban J connectivity index is 1.95. The zero-order valence-corrected chi connectivity index (χ0v) is 7.15. The van der Waals surface area contributed by atoms with Gasteiger partial charge in [-0.1, -0.05) is 0 Å². The fourth-order valence-electron chi connectivity index (χ4n) is 2.33. The Morgan fingerprint density at radius 1 is 1.50 bits per heavy atom. The minimum absolute atomic E-state index is 0.303. The van der Waals surface area contributed by atoms with Gasteiger partial charge in [0.2, 0.25) is 5.91 Å². The van der Waals surface area contributed by atoms with Crippen LogP contribution < -0.4 is 10.5 Å². The van der Waals surface area contributed by atoms with Crippen LogP contribution in [0.3, 0.4) is 0 Å². The highest BCUT2D eigenvalue weighted by Gasteiger charge is 2.71. The molecule has 1 atom stereocenters. The fourth-order valence-corrected chi connectivity index (χ4v) is 2.90. The average molecular weight is 189 g/mol. The van der Waals surface area contributed by atoms with E-state index in [0.717, 1.165) is 0 Å². The molecule has 0 aromatic carbocycles. The Kier molecular flexibility index (Phi) is 1.40. The van der Waals surface area contributed by atoms with Crippen LogP contribution >= 0.6 is 0 Å². The second-order valence-electron chi connectivity index (χ2n) is 3.79. The minimum Gasteiger partial charge on any atom is -0.760 e. The van der Waals surface area contributed by atoms with Crippen molar-refractivity contribution in [3.63, 3.8) is 0 Å². The third-order valence-electron chi connectivity index (χ3n) is 2.85. The molecule has 0 saturated heterocycles. The van der Waals surface area contributed by atoms with Gasteiger partial charge >= 0.3 is 0 Å². The second kappa shape index (κ2) is 2.07.